The van der Waals surface area contributed by atoms with Gasteiger partial charge in [-0.1, -0.05) is 33.1 Å². The number of nitrogens with one attached hydrogen (secondary N) is 1. The van der Waals surface area contributed by atoms with Crippen LogP contribution in [0.5, 0.6) is 0 Å². The van der Waals surface area contributed by atoms with Crippen LogP contribution in [0.3, 0.4) is 0 Å². The van der Waals surface area contributed by atoms with Gasteiger partial charge in [-0.25, -0.2) is 0 Å². The molecule has 1 saturated heterocycles. The van der Waals surface area contributed by atoms with E-state index >= 15 is 0 Å². The highest BCUT2D eigenvalue weighted by molar-refractivity contribution is 4.83. The van der Waals surface area contributed by atoms with Crippen molar-refractivity contribution in [3.05, 3.63) is 0 Å². The van der Waals surface area contributed by atoms with Crippen molar-refractivity contribution in [2.45, 2.75) is 90.1 Å². The van der Waals surface area contributed by atoms with Crippen molar-refractivity contribution in [2.24, 2.45) is 5.92 Å². The Morgan fingerprint density at radius 1 is 0.950 bits per heavy atom. The minimum atomic E-state index is 0.767. The van der Waals surface area contributed by atoms with Gasteiger partial charge in [-0.3, -0.25) is 4.90 Å². The van der Waals surface area contributed by atoms with Gasteiger partial charge in [0.2, 0.25) is 0 Å². The second kappa shape index (κ2) is 9.04. The molecule has 0 radical (unpaired) electrons. The van der Waals surface area contributed by atoms with Gasteiger partial charge in [0.1, 0.15) is 0 Å². The quantitative estimate of drug-likeness (QED) is 0.752. The van der Waals surface area contributed by atoms with E-state index in [4.69, 9.17) is 0 Å². The lowest BCUT2D eigenvalue weighted by Crippen LogP contribution is -2.48. The fourth-order valence-electron chi connectivity index (χ4n) is 4.28. The SMILES string of the molecule is CCCC1CCC(N(CCC)CC2CCCCN2)CC1. The van der Waals surface area contributed by atoms with E-state index in [9.17, 15) is 0 Å². The summed E-state index contributed by atoms with van der Waals surface area (Å²) in [6, 6.07) is 1.65. The largest absolute Gasteiger partial charge is 0.313 e. The Hall–Kier alpha value is -0.0800. The van der Waals surface area contributed by atoms with Crippen molar-refractivity contribution in [1.82, 2.24) is 10.2 Å². The number of hydrogen-bond acceptors (Lipinski definition) is 2. The van der Waals surface area contributed by atoms with E-state index in [1.807, 2.05) is 0 Å². The standard InChI is InChI=1S/C18H36N2/c1-3-7-16-9-11-18(12-10-16)20(14-4-2)15-17-8-5-6-13-19-17/h16-19H,3-15H2,1-2H3. The van der Waals surface area contributed by atoms with Gasteiger partial charge in [-0.05, 0) is 64.0 Å². The molecule has 1 heterocycles. The average molecular weight is 280 g/mol. The molecule has 1 N–H and O–H groups in total. The molecule has 0 aromatic carbocycles. The predicted octanol–water partition coefficient (Wildman–Crippen LogP) is 4.20. The smallest absolute Gasteiger partial charge is 0.0195 e. The second-order valence-corrected chi connectivity index (χ2v) is 7.10. The van der Waals surface area contributed by atoms with Gasteiger partial charge in [0.05, 0.1) is 0 Å². The zero-order chi connectivity index (χ0) is 14.2. The summed E-state index contributed by atoms with van der Waals surface area (Å²) in [5.41, 5.74) is 0. The van der Waals surface area contributed by atoms with Crippen LogP contribution < -0.4 is 5.32 Å². The third-order valence-electron chi connectivity index (χ3n) is 5.41. The van der Waals surface area contributed by atoms with Gasteiger partial charge >= 0.3 is 0 Å². The van der Waals surface area contributed by atoms with Gasteiger partial charge in [-0.2, -0.15) is 0 Å². The summed E-state index contributed by atoms with van der Waals surface area (Å²) in [5, 5.41) is 3.73. The number of rotatable bonds is 7. The van der Waals surface area contributed by atoms with E-state index in [0.717, 1.165) is 18.0 Å². The normalized spacial score (nSPS) is 31.6. The molecule has 0 spiro atoms. The first-order chi connectivity index (χ1) is 9.83. The van der Waals surface area contributed by atoms with Crippen molar-refractivity contribution < 1.29 is 0 Å². The van der Waals surface area contributed by atoms with E-state index in [1.54, 1.807) is 0 Å². The lowest BCUT2D eigenvalue weighted by Gasteiger charge is -2.39. The molecule has 2 rings (SSSR count). The Labute approximate surface area is 126 Å². The Morgan fingerprint density at radius 3 is 2.35 bits per heavy atom. The maximum Gasteiger partial charge on any atom is 0.0195 e. The van der Waals surface area contributed by atoms with Crippen LogP contribution >= 0.6 is 0 Å². The molecular formula is C18H36N2. The summed E-state index contributed by atoms with van der Waals surface area (Å²) >= 11 is 0. The fourth-order valence-corrected chi connectivity index (χ4v) is 4.28. The Kier molecular flexibility index (Phi) is 7.37. The Bertz CT molecular complexity index is 240. The molecule has 1 aliphatic heterocycles. The summed E-state index contributed by atoms with van der Waals surface area (Å²) in [6.45, 7) is 8.53. The molecule has 1 saturated carbocycles. The Balaban J connectivity index is 1.78. The van der Waals surface area contributed by atoms with E-state index in [-0.39, 0.29) is 0 Å². The van der Waals surface area contributed by atoms with Crippen molar-refractivity contribution in [3.63, 3.8) is 0 Å². The highest BCUT2D eigenvalue weighted by Crippen LogP contribution is 2.30. The third-order valence-corrected chi connectivity index (χ3v) is 5.41. The molecule has 1 atom stereocenters. The summed E-state index contributed by atoms with van der Waals surface area (Å²) in [4.78, 5) is 2.82. The third kappa shape index (κ3) is 5.04. The zero-order valence-electron chi connectivity index (χ0n) is 13.9. The van der Waals surface area contributed by atoms with Crippen LogP contribution in [0.25, 0.3) is 0 Å². The zero-order valence-corrected chi connectivity index (χ0v) is 13.9. The fraction of sp³-hybridized carbons (Fsp3) is 1.00. The van der Waals surface area contributed by atoms with Gasteiger partial charge < -0.3 is 5.32 Å². The van der Waals surface area contributed by atoms with E-state index in [0.29, 0.717) is 0 Å². The van der Waals surface area contributed by atoms with Gasteiger partial charge in [0.15, 0.2) is 0 Å². The lowest BCUT2D eigenvalue weighted by atomic mass is 9.82. The summed E-state index contributed by atoms with van der Waals surface area (Å²) in [6.07, 6.45) is 14.2. The van der Waals surface area contributed by atoms with Crippen LogP contribution in [0.1, 0.15) is 78.1 Å². The minimum absolute atomic E-state index is 0.767. The first kappa shape index (κ1) is 16.3. The minimum Gasteiger partial charge on any atom is -0.313 e. The topological polar surface area (TPSA) is 15.3 Å². The monoisotopic (exact) mass is 280 g/mol. The molecule has 2 heteroatoms. The lowest BCUT2D eigenvalue weighted by molar-refractivity contribution is 0.116. The summed E-state index contributed by atoms with van der Waals surface area (Å²) in [5.74, 6) is 1.03. The highest BCUT2D eigenvalue weighted by Gasteiger charge is 2.27. The van der Waals surface area contributed by atoms with Crippen molar-refractivity contribution >= 4 is 0 Å². The molecule has 0 aromatic rings. The average Bonchev–Trinajstić information content (AvgIpc) is 2.49. The molecule has 20 heavy (non-hydrogen) atoms. The first-order valence-corrected chi connectivity index (χ1v) is 9.30. The van der Waals surface area contributed by atoms with Crippen LogP contribution in [0, 0.1) is 5.92 Å². The molecule has 2 nitrogen and oxygen atoms in total. The maximum absolute atomic E-state index is 3.73. The van der Waals surface area contributed by atoms with Gasteiger partial charge in [0, 0.05) is 18.6 Å². The number of nitrogens with zero attached hydrogens (tertiary/aromatic N) is 1. The summed E-state index contributed by atoms with van der Waals surface area (Å²) < 4.78 is 0. The maximum atomic E-state index is 3.73. The predicted molar refractivity (Wildman–Crippen MR) is 88.2 cm³/mol. The van der Waals surface area contributed by atoms with Crippen LogP contribution in [-0.4, -0.2) is 36.6 Å². The molecule has 0 bridgehead atoms. The van der Waals surface area contributed by atoms with E-state index < -0.39 is 0 Å². The summed E-state index contributed by atoms with van der Waals surface area (Å²) in [7, 11) is 0. The molecule has 1 unspecified atom stereocenters. The molecule has 118 valence electrons. The Morgan fingerprint density at radius 2 is 1.75 bits per heavy atom. The molecule has 2 aliphatic rings. The molecule has 0 amide bonds. The number of hydrogen-bond donors (Lipinski definition) is 1. The van der Waals surface area contributed by atoms with Crippen LogP contribution in [0.4, 0.5) is 0 Å². The molecular weight excluding hydrogens is 244 g/mol. The number of piperidine rings is 1. The van der Waals surface area contributed by atoms with Crippen molar-refractivity contribution in [2.75, 3.05) is 19.6 Å². The first-order valence-electron chi connectivity index (χ1n) is 9.30. The van der Waals surface area contributed by atoms with Crippen LogP contribution in [0.2, 0.25) is 0 Å². The molecule has 0 aromatic heterocycles. The van der Waals surface area contributed by atoms with E-state index in [2.05, 4.69) is 24.1 Å². The molecule has 1 aliphatic carbocycles. The van der Waals surface area contributed by atoms with Crippen LogP contribution in [-0.2, 0) is 0 Å². The van der Waals surface area contributed by atoms with E-state index in [1.165, 1.54) is 83.8 Å². The van der Waals surface area contributed by atoms with Gasteiger partial charge in [-0.15, -0.1) is 0 Å². The van der Waals surface area contributed by atoms with Crippen LogP contribution in [0.15, 0.2) is 0 Å². The van der Waals surface area contributed by atoms with Crippen molar-refractivity contribution in [1.29, 1.82) is 0 Å². The second-order valence-electron chi connectivity index (χ2n) is 7.10. The van der Waals surface area contributed by atoms with Crippen molar-refractivity contribution in [3.8, 4) is 0 Å². The molecule has 2 fully saturated rings. The highest BCUT2D eigenvalue weighted by atomic mass is 15.2. The van der Waals surface area contributed by atoms with Gasteiger partial charge in [0.25, 0.3) is 0 Å².